The number of alkyl halides is 3. The minimum Gasteiger partial charge on any atom is -0.466 e. The van der Waals surface area contributed by atoms with Crippen LogP contribution in [0.15, 0.2) is 46.8 Å². The maximum Gasteiger partial charge on any atom is 0.416 e. The van der Waals surface area contributed by atoms with Crippen molar-refractivity contribution in [3.05, 3.63) is 57.9 Å². The molecule has 1 aromatic rings. The molecule has 150 valence electrons. The number of hydrogen-bond acceptors (Lipinski definition) is 4. The van der Waals surface area contributed by atoms with Gasteiger partial charge in [0.2, 0.25) is 0 Å². The first kappa shape index (κ1) is 20.2. The number of ketones is 1. The van der Waals surface area contributed by atoms with Gasteiger partial charge >= 0.3 is 12.1 Å². The average Bonchev–Trinajstić information content (AvgIpc) is 2.58. The zero-order valence-corrected chi connectivity index (χ0v) is 16.2. The fourth-order valence-corrected chi connectivity index (χ4v) is 4.01. The van der Waals surface area contributed by atoms with Crippen molar-refractivity contribution in [3.63, 3.8) is 0 Å². The van der Waals surface area contributed by atoms with Crippen LogP contribution in [-0.4, -0.2) is 18.9 Å². The molecule has 0 saturated carbocycles. The highest BCUT2D eigenvalue weighted by atomic mass is 19.4. The van der Waals surface area contributed by atoms with Crippen molar-refractivity contribution < 1.29 is 27.5 Å². The Morgan fingerprint density at radius 1 is 1.18 bits per heavy atom. The van der Waals surface area contributed by atoms with Crippen LogP contribution in [0.1, 0.15) is 50.7 Å². The Hall–Kier alpha value is -2.57. The number of dihydropyridines is 1. The standard InChI is InChI=1S/C21H22F3NO3/c1-11-16(19(27)28-4)17(12-5-7-13(8-6-12)21(22,23)24)18-14(25-11)9-20(2,3)10-15(18)26/h5-8,17,25H,9-10H2,1-4H3/t17-/m0/s1. The van der Waals surface area contributed by atoms with E-state index in [1.165, 1.54) is 19.2 Å². The van der Waals surface area contributed by atoms with Gasteiger partial charge in [-0.2, -0.15) is 13.2 Å². The van der Waals surface area contributed by atoms with Crippen LogP contribution in [-0.2, 0) is 20.5 Å². The number of Topliss-reactive ketones (excluding diaryl/α,β-unsaturated/α-hetero) is 1. The van der Waals surface area contributed by atoms with Gasteiger partial charge in [-0.25, -0.2) is 4.79 Å². The minimum atomic E-state index is -4.46. The first-order chi connectivity index (χ1) is 12.9. The Morgan fingerprint density at radius 3 is 2.32 bits per heavy atom. The summed E-state index contributed by atoms with van der Waals surface area (Å²) in [6.07, 6.45) is -3.55. The number of methoxy groups -OCH3 is 1. The molecule has 0 amide bonds. The number of benzene rings is 1. The molecule has 1 heterocycles. The molecule has 0 fully saturated rings. The molecule has 1 atom stereocenters. The van der Waals surface area contributed by atoms with E-state index >= 15 is 0 Å². The normalized spacial score (nSPS) is 22.0. The molecular formula is C21H22F3NO3. The minimum absolute atomic E-state index is 0.113. The van der Waals surface area contributed by atoms with Crippen molar-refractivity contribution in [3.8, 4) is 0 Å². The van der Waals surface area contributed by atoms with Crippen LogP contribution in [0.5, 0.6) is 0 Å². The lowest BCUT2D eigenvalue weighted by Crippen LogP contribution is -2.38. The summed E-state index contributed by atoms with van der Waals surface area (Å²) in [6.45, 7) is 5.68. The number of hydrogen-bond donors (Lipinski definition) is 1. The van der Waals surface area contributed by atoms with Crippen LogP contribution in [0.25, 0.3) is 0 Å². The molecular weight excluding hydrogens is 371 g/mol. The summed E-state index contributed by atoms with van der Waals surface area (Å²) < 4.78 is 43.7. The molecule has 1 aliphatic carbocycles. The second-order valence-corrected chi connectivity index (χ2v) is 8.04. The molecule has 3 rings (SSSR count). The third kappa shape index (κ3) is 3.57. The Balaban J connectivity index is 2.16. The monoisotopic (exact) mass is 393 g/mol. The van der Waals surface area contributed by atoms with Gasteiger partial charge in [0.1, 0.15) is 0 Å². The summed E-state index contributed by atoms with van der Waals surface area (Å²) in [6, 6.07) is 4.59. The number of carbonyl (C=O) groups excluding carboxylic acids is 2. The van der Waals surface area contributed by atoms with E-state index in [0.717, 1.165) is 17.8 Å². The van der Waals surface area contributed by atoms with Crippen molar-refractivity contribution >= 4 is 11.8 Å². The second kappa shape index (κ2) is 6.79. The van der Waals surface area contributed by atoms with Crippen molar-refractivity contribution in [2.24, 2.45) is 5.41 Å². The zero-order valence-electron chi connectivity index (χ0n) is 16.2. The molecule has 4 nitrogen and oxygen atoms in total. The van der Waals surface area contributed by atoms with Gasteiger partial charge in [-0.05, 0) is 36.5 Å². The Bertz CT molecular complexity index is 892. The van der Waals surface area contributed by atoms with Crippen LogP contribution >= 0.6 is 0 Å². The van der Waals surface area contributed by atoms with Gasteiger partial charge in [-0.1, -0.05) is 26.0 Å². The van der Waals surface area contributed by atoms with Crippen LogP contribution < -0.4 is 5.32 Å². The molecule has 0 aromatic heterocycles. The van der Waals surface area contributed by atoms with Gasteiger partial charge in [-0.3, -0.25) is 4.79 Å². The summed E-state index contributed by atoms with van der Waals surface area (Å²) in [5.74, 6) is -1.48. The SMILES string of the molecule is COC(=O)C1=C(C)NC2=C(C(=O)CC(C)(C)C2)[C@H]1c1ccc(C(F)(F)F)cc1. The summed E-state index contributed by atoms with van der Waals surface area (Å²) in [5, 5.41) is 3.16. The van der Waals surface area contributed by atoms with Crippen LogP contribution in [0.4, 0.5) is 13.2 Å². The largest absolute Gasteiger partial charge is 0.466 e. The fourth-order valence-electron chi connectivity index (χ4n) is 4.01. The Labute approximate surface area is 161 Å². The van der Waals surface area contributed by atoms with Gasteiger partial charge in [0.25, 0.3) is 0 Å². The number of carbonyl (C=O) groups is 2. The number of ether oxygens (including phenoxy) is 1. The molecule has 28 heavy (non-hydrogen) atoms. The predicted molar refractivity (Wildman–Crippen MR) is 97.1 cm³/mol. The van der Waals surface area contributed by atoms with Gasteiger partial charge in [-0.15, -0.1) is 0 Å². The van der Waals surface area contributed by atoms with Gasteiger partial charge in [0.05, 0.1) is 18.2 Å². The molecule has 0 unspecified atom stereocenters. The van der Waals surface area contributed by atoms with Gasteiger partial charge in [0, 0.05) is 29.3 Å². The number of allylic oxidation sites excluding steroid dienone is 3. The molecule has 0 bridgehead atoms. The van der Waals surface area contributed by atoms with E-state index in [-0.39, 0.29) is 16.8 Å². The average molecular weight is 393 g/mol. The molecule has 1 aliphatic heterocycles. The van der Waals surface area contributed by atoms with E-state index in [0.29, 0.717) is 29.7 Å². The van der Waals surface area contributed by atoms with Crippen LogP contribution in [0.3, 0.4) is 0 Å². The third-order valence-corrected chi connectivity index (χ3v) is 5.22. The van der Waals surface area contributed by atoms with E-state index in [9.17, 15) is 22.8 Å². The molecule has 0 saturated heterocycles. The summed E-state index contributed by atoms with van der Waals surface area (Å²) >= 11 is 0. The van der Waals surface area contributed by atoms with Crippen molar-refractivity contribution in [2.75, 3.05) is 7.11 Å². The van der Waals surface area contributed by atoms with E-state index in [1.807, 2.05) is 13.8 Å². The summed E-state index contributed by atoms with van der Waals surface area (Å²) in [4.78, 5) is 25.4. The maximum atomic E-state index is 13.0. The third-order valence-electron chi connectivity index (χ3n) is 5.22. The number of halogens is 3. The van der Waals surface area contributed by atoms with Crippen molar-refractivity contribution in [2.45, 2.75) is 45.7 Å². The Morgan fingerprint density at radius 2 is 1.79 bits per heavy atom. The summed E-state index contributed by atoms with van der Waals surface area (Å²) in [7, 11) is 1.24. The molecule has 2 aliphatic rings. The van der Waals surface area contributed by atoms with Gasteiger partial charge in [0.15, 0.2) is 5.78 Å². The first-order valence-corrected chi connectivity index (χ1v) is 8.94. The van der Waals surface area contributed by atoms with Crippen LogP contribution in [0.2, 0.25) is 0 Å². The summed E-state index contributed by atoms with van der Waals surface area (Å²) in [5.41, 5.74) is 1.37. The molecule has 7 heteroatoms. The van der Waals surface area contributed by atoms with Crippen molar-refractivity contribution in [1.29, 1.82) is 0 Å². The molecule has 0 spiro atoms. The van der Waals surface area contributed by atoms with E-state index < -0.39 is 23.6 Å². The van der Waals surface area contributed by atoms with Crippen LogP contribution in [0, 0.1) is 5.41 Å². The fraction of sp³-hybridized carbons (Fsp3) is 0.429. The topological polar surface area (TPSA) is 55.4 Å². The lowest BCUT2D eigenvalue weighted by molar-refractivity contribution is -0.138. The van der Waals surface area contributed by atoms with E-state index in [1.54, 1.807) is 6.92 Å². The molecule has 1 N–H and O–H groups in total. The quantitative estimate of drug-likeness (QED) is 0.753. The smallest absolute Gasteiger partial charge is 0.416 e. The lowest BCUT2D eigenvalue weighted by atomic mass is 9.68. The highest BCUT2D eigenvalue weighted by Crippen LogP contribution is 2.47. The second-order valence-electron chi connectivity index (χ2n) is 8.04. The Kier molecular flexibility index (Phi) is 4.89. The number of esters is 1. The lowest BCUT2D eigenvalue weighted by Gasteiger charge is -2.39. The number of rotatable bonds is 2. The molecule has 1 aromatic carbocycles. The highest BCUT2D eigenvalue weighted by molar-refractivity contribution is 6.04. The van der Waals surface area contributed by atoms with Gasteiger partial charge < -0.3 is 10.1 Å². The maximum absolute atomic E-state index is 13.0. The number of nitrogens with one attached hydrogen (secondary N) is 1. The highest BCUT2D eigenvalue weighted by Gasteiger charge is 2.43. The van der Waals surface area contributed by atoms with E-state index in [2.05, 4.69) is 5.32 Å². The van der Waals surface area contributed by atoms with Crippen molar-refractivity contribution in [1.82, 2.24) is 5.32 Å². The predicted octanol–water partition coefficient (Wildman–Crippen LogP) is 4.48. The first-order valence-electron chi connectivity index (χ1n) is 8.94. The zero-order chi connectivity index (χ0) is 20.9. The molecule has 0 radical (unpaired) electrons. The van der Waals surface area contributed by atoms with E-state index in [4.69, 9.17) is 4.74 Å².